The highest BCUT2D eigenvalue weighted by Crippen LogP contribution is 2.40. The highest BCUT2D eigenvalue weighted by Gasteiger charge is 2.36. The molecule has 2 N–H and O–H groups in total. The minimum absolute atomic E-state index is 0. The number of hydrogen-bond donors (Lipinski definition) is 0. The van der Waals surface area contributed by atoms with Gasteiger partial charge in [0.15, 0.2) is 6.29 Å². The minimum atomic E-state index is 0. The second kappa shape index (κ2) is 6.17. The summed E-state index contributed by atoms with van der Waals surface area (Å²) in [6.45, 7) is 11.1. The van der Waals surface area contributed by atoms with Crippen LogP contribution in [-0.4, -0.2) is 25.0 Å². The largest absolute Gasteiger partial charge is 0.412 e. The van der Waals surface area contributed by atoms with E-state index in [2.05, 4.69) is 27.7 Å². The molecule has 2 fully saturated rings. The maximum Gasteiger partial charge on any atom is 0.160 e. The molecule has 2 rings (SSSR count). The summed E-state index contributed by atoms with van der Waals surface area (Å²) in [5.41, 5.74) is 0. The summed E-state index contributed by atoms with van der Waals surface area (Å²) >= 11 is 0. The van der Waals surface area contributed by atoms with Crippen molar-refractivity contribution in [1.82, 2.24) is 0 Å². The molecule has 0 amide bonds. The fourth-order valence-electron chi connectivity index (χ4n) is 3.15. The van der Waals surface area contributed by atoms with Crippen LogP contribution in [0.15, 0.2) is 0 Å². The van der Waals surface area contributed by atoms with Gasteiger partial charge >= 0.3 is 0 Å². The topological polar surface area (TPSA) is 50.0 Å². The molecule has 0 bridgehead atoms. The number of rotatable bonds is 1. The molecule has 2 unspecified atom stereocenters. The Labute approximate surface area is 105 Å². The summed E-state index contributed by atoms with van der Waals surface area (Å²) in [5, 5.41) is 0. The molecule has 17 heavy (non-hydrogen) atoms. The van der Waals surface area contributed by atoms with Gasteiger partial charge in [0.1, 0.15) is 0 Å². The Hall–Kier alpha value is -0.120. The fourth-order valence-corrected chi connectivity index (χ4v) is 3.15. The summed E-state index contributed by atoms with van der Waals surface area (Å²) in [5.74, 6) is 3.64. The lowest BCUT2D eigenvalue weighted by molar-refractivity contribution is -0.231. The molecule has 3 heteroatoms. The molecule has 1 aliphatic carbocycles. The Morgan fingerprint density at radius 2 is 1.29 bits per heavy atom. The Morgan fingerprint density at radius 1 is 0.824 bits per heavy atom. The number of hydrogen-bond acceptors (Lipinski definition) is 2. The van der Waals surface area contributed by atoms with Crippen molar-refractivity contribution in [2.45, 2.75) is 46.8 Å². The molecule has 0 aromatic rings. The van der Waals surface area contributed by atoms with Crippen molar-refractivity contribution in [3.05, 3.63) is 0 Å². The third-order valence-electron chi connectivity index (χ3n) is 4.62. The summed E-state index contributed by atoms with van der Waals surface area (Å²) in [4.78, 5) is 0. The molecule has 1 saturated carbocycles. The van der Waals surface area contributed by atoms with Gasteiger partial charge < -0.3 is 14.9 Å². The van der Waals surface area contributed by atoms with Crippen LogP contribution in [0.2, 0.25) is 0 Å². The van der Waals surface area contributed by atoms with Crippen LogP contribution in [0, 0.1) is 29.6 Å². The molecule has 102 valence electrons. The van der Waals surface area contributed by atoms with E-state index in [1.54, 1.807) is 0 Å². The Kier molecular flexibility index (Phi) is 5.42. The second-order valence-electron chi connectivity index (χ2n) is 6.19. The van der Waals surface area contributed by atoms with E-state index in [9.17, 15) is 0 Å². The molecule has 0 aromatic carbocycles. The van der Waals surface area contributed by atoms with Gasteiger partial charge in [0.2, 0.25) is 0 Å². The summed E-state index contributed by atoms with van der Waals surface area (Å²) in [7, 11) is 0. The standard InChI is InChI=1S/C14H26O2.H2O/c1-9-7-15-14(16-8-9)13-5-10(2)12(4)11(3)6-13;/h9-14H,5-8H2,1-4H3;1H2. The van der Waals surface area contributed by atoms with Crippen molar-refractivity contribution in [3.63, 3.8) is 0 Å². The first kappa shape index (κ1) is 14.9. The Balaban J connectivity index is 0.00000144. The van der Waals surface area contributed by atoms with Crippen LogP contribution in [0.3, 0.4) is 0 Å². The molecule has 1 heterocycles. The van der Waals surface area contributed by atoms with Gasteiger partial charge in [-0.2, -0.15) is 0 Å². The zero-order valence-corrected chi connectivity index (χ0v) is 11.6. The maximum absolute atomic E-state index is 5.84. The molecule has 2 atom stereocenters. The average molecular weight is 244 g/mol. The Bertz CT molecular complexity index is 212. The summed E-state index contributed by atoms with van der Waals surface area (Å²) in [6.07, 6.45) is 2.61. The molecule has 0 spiro atoms. The second-order valence-corrected chi connectivity index (χ2v) is 6.19. The first-order valence-electron chi connectivity index (χ1n) is 6.81. The van der Waals surface area contributed by atoms with Crippen LogP contribution >= 0.6 is 0 Å². The van der Waals surface area contributed by atoms with E-state index in [0.717, 1.165) is 31.0 Å². The van der Waals surface area contributed by atoms with Crippen LogP contribution in [0.5, 0.6) is 0 Å². The van der Waals surface area contributed by atoms with Gasteiger partial charge in [-0.1, -0.05) is 27.7 Å². The van der Waals surface area contributed by atoms with Crippen molar-refractivity contribution in [2.75, 3.05) is 13.2 Å². The van der Waals surface area contributed by atoms with E-state index < -0.39 is 0 Å². The third-order valence-corrected chi connectivity index (χ3v) is 4.62. The van der Waals surface area contributed by atoms with Gasteiger partial charge in [-0.15, -0.1) is 0 Å². The first-order valence-corrected chi connectivity index (χ1v) is 6.81. The van der Waals surface area contributed by atoms with Gasteiger partial charge in [0, 0.05) is 11.8 Å². The molecular formula is C14H28O3. The smallest absolute Gasteiger partial charge is 0.160 e. The lowest BCUT2D eigenvalue weighted by Gasteiger charge is -2.42. The van der Waals surface area contributed by atoms with E-state index in [4.69, 9.17) is 9.47 Å². The van der Waals surface area contributed by atoms with Crippen LogP contribution in [-0.2, 0) is 9.47 Å². The predicted molar refractivity (Wildman–Crippen MR) is 68.7 cm³/mol. The van der Waals surface area contributed by atoms with E-state index in [-0.39, 0.29) is 11.8 Å². The maximum atomic E-state index is 5.84. The van der Waals surface area contributed by atoms with E-state index in [1.165, 1.54) is 12.8 Å². The monoisotopic (exact) mass is 244 g/mol. The van der Waals surface area contributed by atoms with Crippen LogP contribution in [0.4, 0.5) is 0 Å². The van der Waals surface area contributed by atoms with Crippen LogP contribution in [0.25, 0.3) is 0 Å². The molecule has 1 saturated heterocycles. The fraction of sp³-hybridized carbons (Fsp3) is 1.00. The molecule has 0 radical (unpaired) electrons. The van der Waals surface area contributed by atoms with Gasteiger partial charge in [0.25, 0.3) is 0 Å². The van der Waals surface area contributed by atoms with E-state index in [0.29, 0.717) is 11.8 Å². The van der Waals surface area contributed by atoms with Crippen LogP contribution < -0.4 is 0 Å². The van der Waals surface area contributed by atoms with Gasteiger partial charge in [0.05, 0.1) is 13.2 Å². The average Bonchev–Trinajstić information content (AvgIpc) is 2.26. The molecule has 3 nitrogen and oxygen atoms in total. The molecular weight excluding hydrogens is 216 g/mol. The van der Waals surface area contributed by atoms with Crippen molar-refractivity contribution in [2.24, 2.45) is 29.6 Å². The van der Waals surface area contributed by atoms with E-state index >= 15 is 0 Å². The lowest BCUT2D eigenvalue weighted by Crippen LogP contribution is -2.41. The van der Waals surface area contributed by atoms with Crippen LogP contribution in [0.1, 0.15) is 40.5 Å². The minimum Gasteiger partial charge on any atom is -0.412 e. The molecule has 2 aliphatic rings. The normalized spacial score (nSPS) is 47.3. The van der Waals surface area contributed by atoms with Gasteiger partial charge in [-0.05, 0) is 30.6 Å². The zero-order valence-electron chi connectivity index (χ0n) is 11.6. The SMILES string of the molecule is CC1COC(C2CC(C)C(C)C(C)C2)OC1.O. The van der Waals surface area contributed by atoms with Gasteiger partial charge in [-0.3, -0.25) is 0 Å². The zero-order chi connectivity index (χ0) is 11.7. The van der Waals surface area contributed by atoms with Crippen molar-refractivity contribution >= 4 is 0 Å². The summed E-state index contributed by atoms with van der Waals surface area (Å²) < 4.78 is 11.7. The predicted octanol–water partition coefficient (Wildman–Crippen LogP) is 2.49. The van der Waals surface area contributed by atoms with Crippen molar-refractivity contribution < 1.29 is 14.9 Å². The molecule has 1 aliphatic heterocycles. The van der Waals surface area contributed by atoms with E-state index in [1.807, 2.05) is 0 Å². The highest BCUT2D eigenvalue weighted by atomic mass is 16.7. The van der Waals surface area contributed by atoms with Crippen molar-refractivity contribution in [3.8, 4) is 0 Å². The number of ether oxygens (including phenoxy) is 2. The summed E-state index contributed by atoms with van der Waals surface area (Å²) in [6, 6.07) is 0. The highest BCUT2D eigenvalue weighted by molar-refractivity contribution is 4.82. The van der Waals surface area contributed by atoms with Crippen molar-refractivity contribution in [1.29, 1.82) is 0 Å². The quantitative estimate of drug-likeness (QED) is 0.711. The van der Waals surface area contributed by atoms with Gasteiger partial charge in [-0.25, -0.2) is 0 Å². The first-order chi connectivity index (χ1) is 7.58. The molecule has 0 aromatic heterocycles. The third kappa shape index (κ3) is 3.43. The lowest BCUT2D eigenvalue weighted by atomic mass is 9.69. The Morgan fingerprint density at radius 3 is 1.76 bits per heavy atom.